The molecule has 6 nitrogen and oxygen atoms in total. The van der Waals surface area contributed by atoms with Gasteiger partial charge in [-0.2, -0.15) is 0 Å². The van der Waals surface area contributed by atoms with Crippen LogP contribution < -0.4 is 9.64 Å². The maximum atomic E-state index is 13.0. The number of esters is 1. The molecule has 1 aliphatic heterocycles. The van der Waals surface area contributed by atoms with E-state index < -0.39 is 12.1 Å². The quantitative estimate of drug-likeness (QED) is 0.228. The second-order valence-electron chi connectivity index (χ2n) is 8.58. The molecule has 36 heavy (non-hydrogen) atoms. The molecule has 182 valence electrons. The van der Waals surface area contributed by atoms with Crippen molar-refractivity contribution in [2.75, 3.05) is 18.1 Å². The number of carbonyl (C=O) groups excluding carboxylic acids is 2. The van der Waals surface area contributed by atoms with E-state index in [-0.39, 0.29) is 12.5 Å². The van der Waals surface area contributed by atoms with Crippen LogP contribution in [0.4, 0.5) is 5.69 Å². The van der Waals surface area contributed by atoms with Crippen LogP contribution in [0.15, 0.2) is 84.2 Å². The fourth-order valence-electron chi connectivity index (χ4n) is 4.13. The Morgan fingerprint density at radius 1 is 1.03 bits per heavy atom. The highest BCUT2D eigenvalue weighted by molar-refractivity contribution is 7.13. The topological polar surface area (TPSA) is 68.7 Å². The van der Waals surface area contributed by atoms with Gasteiger partial charge in [-0.25, -0.2) is 4.98 Å². The first kappa shape index (κ1) is 23.8. The Bertz CT molecular complexity index is 1350. The largest absolute Gasteiger partial charge is 0.479 e. The monoisotopic (exact) mass is 498 g/mol. The third kappa shape index (κ3) is 5.31. The minimum absolute atomic E-state index is 0.166. The molecule has 0 aliphatic carbocycles. The van der Waals surface area contributed by atoms with E-state index in [9.17, 15) is 9.59 Å². The first-order valence-corrected chi connectivity index (χ1v) is 12.8. The lowest BCUT2D eigenvalue weighted by atomic mass is 10.1. The summed E-state index contributed by atoms with van der Waals surface area (Å²) in [6.07, 6.45) is 0.863. The molecule has 1 amide bonds. The number of aromatic nitrogens is 1. The van der Waals surface area contributed by atoms with Gasteiger partial charge in [0.05, 0.1) is 18.0 Å². The summed E-state index contributed by atoms with van der Waals surface area (Å²) in [6.45, 7) is 1.82. The molecule has 4 aromatic rings. The number of benzene rings is 3. The molecule has 3 aromatic carbocycles. The van der Waals surface area contributed by atoms with Gasteiger partial charge in [0, 0.05) is 16.5 Å². The minimum Gasteiger partial charge on any atom is -0.479 e. The van der Waals surface area contributed by atoms with Gasteiger partial charge in [-0.15, -0.1) is 11.3 Å². The zero-order chi connectivity index (χ0) is 24.9. The summed E-state index contributed by atoms with van der Waals surface area (Å²) in [7, 11) is 0. The number of thiazole rings is 1. The molecule has 0 bridgehead atoms. The number of nitrogens with zero attached hydrogens (tertiary/aromatic N) is 2. The molecule has 1 aliphatic rings. The van der Waals surface area contributed by atoms with Crippen molar-refractivity contribution in [2.24, 2.45) is 0 Å². The number of carbonyl (C=O) groups is 2. The van der Waals surface area contributed by atoms with Gasteiger partial charge in [-0.05, 0) is 43.5 Å². The molecule has 0 saturated heterocycles. The summed E-state index contributed by atoms with van der Waals surface area (Å²) in [4.78, 5) is 31.8. The Hall–Kier alpha value is -3.97. The number of ether oxygens (including phenoxy) is 2. The highest BCUT2D eigenvalue weighted by atomic mass is 32.1. The van der Waals surface area contributed by atoms with Gasteiger partial charge in [-0.3, -0.25) is 14.5 Å². The molecule has 0 radical (unpaired) electrons. The molecule has 0 saturated carbocycles. The molecule has 1 unspecified atom stereocenters. The summed E-state index contributed by atoms with van der Waals surface area (Å²) < 4.78 is 11.3. The lowest BCUT2D eigenvalue weighted by Crippen LogP contribution is -2.47. The predicted molar refractivity (Wildman–Crippen MR) is 141 cm³/mol. The summed E-state index contributed by atoms with van der Waals surface area (Å²) in [5.74, 6) is -0.160. The standard InChI is InChI=1S/C29H26N2O4S/c1-20-29(33)31(18-27(32)34-16-8-11-21-9-4-2-5-10-21)25-17-23(14-15-26(25)35-20)24-19-36-28(30-24)22-12-6-3-7-13-22/h2-7,9-10,12-15,17,19-20H,8,11,16,18H2,1H3. The van der Waals surface area contributed by atoms with Gasteiger partial charge in [0.1, 0.15) is 17.3 Å². The maximum Gasteiger partial charge on any atom is 0.326 e. The van der Waals surface area contributed by atoms with Crippen molar-refractivity contribution in [3.8, 4) is 27.6 Å². The Labute approximate surface area is 214 Å². The van der Waals surface area contributed by atoms with E-state index in [0.717, 1.165) is 34.7 Å². The average Bonchev–Trinajstić information content (AvgIpc) is 3.41. The number of amides is 1. The zero-order valence-corrected chi connectivity index (χ0v) is 20.7. The lowest BCUT2D eigenvalue weighted by molar-refractivity contribution is -0.143. The maximum absolute atomic E-state index is 13.0. The Morgan fingerprint density at radius 3 is 2.56 bits per heavy atom. The normalized spacial score (nSPS) is 14.8. The molecule has 0 spiro atoms. The first-order chi connectivity index (χ1) is 17.6. The molecule has 1 atom stereocenters. The number of fused-ring (bicyclic) bond motifs is 1. The summed E-state index contributed by atoms with van der Waals surface area (Å²) in [5.41, 5.74) is 4.45. The fraction of sp³-hybridized carbons (Fsp3) is 0.207. The summed E-state index contributed by atoms with van der Waals surface area (Å²) in [6, 6.07) is 25.7. The average molecular weight is 499 g/mol. The molecule has 0 fully saturated rings. The number of rotatable bonds is 8. The lowest BCUT2D eigenvalue weighted by Gasteiger charge is -2.32. The van der Waals surface area contributed by atoms with E-state index in [1.165, 1.54) is 10.5 Å². The van der Waals surface area contributed by atoms with Gasteiger partial charge < -0.3 is 9.47 Å². The van der Waals surface area contributed by atoms with Crippen LogP contribution in [0, 0.1) is 0 Å². The van der Waals surface area contributed by atoms with E-state index in [1.54, 1.807) is 18.3 Å². The van der Waals surface area contributed by atoms with E-state index in [2.05, 4.69) is 12.1 Å². The highest BCUT2D eigenvalue weighted by Gasteiger charge is 2.33. The molecular weight excluding hydrogens is 472 g/mol. The number of hydrogen-bond acceptors (Lipinski definition) is 6. The van der Waals surface area contributed by atoms with Gasteiger partial charge >= 0.3 is 5.97 Å². The Balaban J connectivity index is 1.29. The van der Waals surface area contributed by atoms with Crippen LogP contribution in [0.1, 0.15) is 18.9 Å². The number of anilines is 1. The van der Waals surface area contributed by atoms with Crippen LogP contribution in [0.5, 0.6) is 5.75 Å². The third-order valence-electron chi connectivity index (χ3n) is 5.99. The molecule has 0 N–H and O–H groups in total. The van der Waals surface area contributed by atoms with Crippen molar-refractivity contribution in [1.29, 1.82) is 0 Å². The predicted octanol–water partition coefficient (Wildman–Crippen LogP) is 5.77. The van der Waals surface area contributed by atoms with Crippen LogP contribution in [0.2, 0.25) is 0 Å². The number of hydrogen-bond donors (Lipinski definition) is 0. The van der Waals surface area contributed by atoms with Crippen molar-refractivity contribution in [1.82, 2.24) is 4.98 Å². The van der Waals surface area contributed by atoms with Crippen LogP contribution in [-0.2, 0) is 20.7 Å². The van der Waals surface area contributed by atoms with E-state index in [4.69, 9.17) is 14.5 Å². The van der Waals surface area contributed by atoms with Gasteiger partial charge in [0.25, 0.3) is 5.91 Å². The second kappa shape index (κ2) is 10.7. The zero-order valence-electron chi connectivity index (χ0n) is 19.9. The fourth-order valence-corrected chi connectivity index (χ4v) is 4.97. The first-order valence-electron chi connectivity index (χ1n) is 11.9. The minimum atomic E-state index is -0.682. The molecule has 2 heterocycles. The summed E-state index contributed by atoms with van der Waals surface area (Å²) >= 11 is 1.56. The molecule has 7 heteroatoms. The highest BCUT2D eigenvalue weighted by Crippen LogP contribution is 2.38. The van der Waals surface area contributed by atoms with Gasteiger partial charge in [0.15, 0.2) is 6.10 Å². The smallest absolute Gasteiger partial charge is 0.326 e. The van der Waals surface area contributed by atoms with Crippen LogP contribution >= 0.6 is 11.3 Å². The van der Waals surface area contributed by atoms with Crippen molar-refractivity contribution in [3.05, 3.63) is 89.8 Å². The molecular formula is C29H26N2O4S. The third-order valence-corrected chi connectivity index (χ3v) is 6.88. The second-order valence-corrected chi connectivity index (χ2v) is 9.44. The van der Waals surface area contributed by atoms with E-state index in [0.29, 0.717) is 18.0 Å². The van der Waals surface area contributed by atoms with E-state index >= 15 is 0 Å². The van der Waals surface area contributed by atoms with Crippen LogP contribution in [-0.4, -0.2) is 36.1 Å². The van der Waals surface area contributed by atoms with Crippen LogP contribution in [0.3, 0.4) is 0 Å². The SMILES string of the molecule is CC1Oc2ccc(-c3csc(-c4ccccc4)n3)cc2N(CC(=O)OCCCc2ccccc2)C1=O. The number of aryl methyl sites for hydroxylation is 1. The van der Waals surface area contributed by atoms with Crippen molar-refractivity contribution in [3.63, 3.8) is 0 Å². The summed E-state index contributed by atoms with van der Waals surface area (Å²) in [5, 5.41) is 2.91. The van der Waals surface area contributed by atoms with Gasteiger partial charge in [0.2, 0.25) is 0 Å². The molecule has 1 aromatic heterocycles. The Kier molecular flexibility index (Phi) is 7.09. The van der Waals surface area contributed by atoms with Crippen LogP contribution in [0.25, 0.3) is 21.8 Å². The molecule has 5 rings (SSSR count). The van der Waals surface area contributed by atoms with Gasteiger partial charge in [-0.1, -0.05) is 60.7 Å². The van der Waals surface area contributed by atoms with Crippen molar-refractivity contribution in [2.45, 2.75) is 25.9 Å². The van der Waals surface area contributed by atoms with Crippen molar-refractivity contribution < 1.29 is 19.1 Å². The Morgan fingerprint density at radius 2 is 1.78 bits per heavy atom. The van der Waals surface area contributed by atoms with E-state index in [1.807, 2.05) is 72.1 Å². The van der Waals surface area contributed by atoms with Crippen molar-refractivity contribution >= 4 is 28.9 Å².